The summed E-state index contributed by atoms with van der Waals surface area (Å²) in [7, 11) is 0. The van der Waals surface area contributed by atoms with Crippen LogP contribution in [-0.4, -0.2) is 25.2 Å². The lowest BCUT2D eigenvalue weighted by Crippen LogP contribution is -2.31. The van der Waals surface area contributed by atoms with E-state index in [4.69, 9.17) is 4.74 Å². The third-order valence-electron chi connectivity index (χ3n) is 4.14. The molecular weight excluding hydrogens is 270 g/mol. The second-order valence-corrected chi connectivity index (χ2v) is 7.03. The van der Waals surface area contributed by atoms with Crippen LogP contribution in [0.25, 0.3) is 0 Å². The molecule has 1 saturated carbocycles. The number of rotatable bonds is 5. The zero-order chi connectivity index (χ0) is 14.5. The first-order chi connectivity index (χ1) is 9.58. The average molecular weight is 295 g/mol. The quantitative estimate of drug-likeness (QED) is 0.841. The molecule has 1 aromatic rings. The van der Waals surface area contributed by atoms with Crippen LogP contribution in [0.15, 0.2) is 6.07 Å². The van der Waals surface area contributed by atoms with Crippen molar-refractivity contribution >= 4 is 17.2 Å². The third kappa shape index (κ3) is 4.06. The van der Waals surface area contributed by atoms with Crippen LogP contribution in [0.4, 0.5) is 0 Å². The molecule has 112 valence electrons. The van der Waals surface area contributed by atoms with Crippen LogP contribution in [0.3, 0.4) is 0 Å². The van der Waals surface area contributed by atoms with Crippen LogP contribution in [0.2, 0.25) is 0 Å². The van der Waals surface area contributed by atoms with Gasteiger partial charge >= 0.3 is 0 Å². The molecule has 2 rings (SSSR count). The minimum atomic E-state index is 0.0199. The van der Waals surface area contributed by atoms with Crippen molar-refractivity contribution in [2.45, 2.75) is 52.6 Å². The zero-order valence-electron chi connectivity index (χ0n) is 12.7. The highest BCUT2D eigenvalue weighted by Crippen LogP contribution is 2.26. The summed E-state index contributed by atoms with van der Waals surface area (Å²) in [5, 5.41) is 2.94. The summed E-state index contributed by atoms with van der Waals surface area (Å²) in [6, 6.07) is 1.96. The van der Waals surface area contributed by atoms with E-state index in [1.165, 1.54) is 36.1 Å². The van der Waals surface area contributed by atoms with Crippen molar-refractivity contribution in [3.8, 4) is 0 Å². The number of thiophene rings is 1. The van der Waals surface area contributed by atoms with Crippen molar-refractivity contribution in [1.29, 1.82) is 0 Å². The minimum Gasteiger partial charge on any atom is -0.376 e. The maximum Gasteiger partial charge on any atom is 0.261 e. The molecule has 1 heterocycles. The molecule has 0 spiro atoms. The van der Waals surface area contributed by atoms with Gasteiger partial charge in [0.05, 0.1) is 17.6 Å². The number of nitrogens with one attached hydrogen (secondary N) is 1. The predicted octanol–water partition coefficient (Wildman–Crippen LogP) is 3.69. The Hall–Kier alpha value is -0.870. The minimum absolute atomic E-state index is 0.0199. The largest absolute Gasteiger partial charge is 0.376 e. The number of hydrogen-bond donors (Lipinski definition) is 1. The van der Waals surface area contributed by atoms with E-state index >= 15 is 0 Å². The molecule has 0 radical (unpaired) electrons. The lowest BCUT2D eigenvalue weighted by atomic mass is 9.88. The predicted molar refractivity (Wildman–Crippen MR) is 83.5 cm³/mol. The SMILES string of the molecule is Cc1cc(C(=O)NCCO[C@@H]2CCCC[C@H]2C)sc1C. The first-order valence-corrected chi connectivity index (χ1v) is 8.36. The van der Waals surface area contributed by atoms with Gasteiger partial charge in [-0.25, -0.2) is 0 Å². The lowest BCUT2D eigenvalue weighted by Gasteiger charge is -2.28. The van der Waals surface area contributed by atoms with Gasteiger partial charge in [0.25, 0.3) is 5.91 Å². The van der Waals surface area contributed by atoms with Crippen LogP contribution < -0.4 is 5.32 Å². The van der Waals surface area contributed by atoms with E-state index in [1.54, 1.807) is 11.3 Å². The van der Waals surface area contributed by atoms with Crippen LogP contribution in [0, 0.1) is 19.8 Å². The number of amides is 1. The summed E-state index contributed by atoms with van der Waals surface area (Å²) in [6.07, 6.45) is 5.42. The Labute approximate surface area is 125 Å². The fraction of sp³-hybridized carbons (Fsp3) is 0.688. The first kappa shape index (κ1) is 15.5. The Balaban J connectivity index is 1.69. The highest BCUT2D eigenvalue weighted by molar-refractivity contribution is 7.14. The van der Waals surface area contributed by atoms with Crippen LogP contribution in [0.1, 0.15) is 52.7 Å². The van der Waals surface area contributed by atoms with Crippen LogP contribution in [0.5, 0.6) is 0 Å². The Bertz CT molecular complexity index is 436. The Morgan fingerprint density at radius 2 is 2.15 bits per heavy atom. The molecule has 0 bridgehead atoms. The van der Waals surface area contributed by atoms with E-state index in [0.29, 0.717) is 25.2 Å². The number of aryl methyl sites for hydroxylation is 2. The van der Waals surface area contributed by atoms with E-state index in [1.807, 2.05) is 19.9 Å². The number of carbonyl (C=O) groups excluding carboxylic acids is 1. The molecule has 1 aliphatic rings. The van der Waals surface area contributed by atoms with Gasteiger partial charge in [-0.1, -0.05) is 19.8 Å². The highest BCUT2D eigenvalue weighted by atomic mass is 32.1. The molecule has 0 unspecified atom stereocenters. The van der Waals surface area contributed by atoms with Crippen molar-refractivity contribution in [3.05, 3.63) is 21.4 Å². The lowest BCUT2D eigenvalue weighted by molar-refractivity contribution is -0.00292. The van der Waals surface area contributed by atoms with E-state index in [0.717, 1.165) is 4.88 Å². The molecule has 4 heteroatoms. The molecule has 1 amide bonds. The third-order valence-corrected chi connectivity index (χ3v) is 5.29. The van der Waals surface area contributed by atoms with E-state index in [9.17, 15) is 4.79 Å². The monoisotopic (exact) mass is 295 g/mol. The Morgan fingerprint density at radius 3 is 2.80 bits per heavy atom. The molecule has 20 heavy (non-hydrogen) atoms. The number of hydrogen-bond acceptors (Lipinski definition) is 3. The van der Waals surface area contributed by atoms with Crippen molar-refractivity contribution in [2.75, 3.05) is 13.2 Å². The van der Waals surface area contributed by atoms with Gasteiger partial charge in [0.1, 0.15) is 0 Å². The molecule has 1 N–H and O–H groups in total. The van der Waals surface area contributed by atoms with E-state index in [2.05, 4.69) is 12.2 Å². The Morgan fingerprint density at radius 1 is 1.40 bits per heavy atom. The van der Waals surface area contributed by atoms with Crippen LogP contribution in [-0.2, 0) is 4.74 Å². The van der Waals surface area contributed by atoms with Gasteiger partial charge in [0.2, 0.25) is 0 Å². The van der Waals surface area contributed by atoms with Crippen molar-refractivity contribution in [3.63, 3.8) is 0 Å². The molecule has 3 nitrogen and oxygen atoms in total. The van der Waals surface area contributed by atoms with E-state index < -0.39 is 0 Å². The average Bonchev–Trinajstić information content (AvgIpc) is 2.76. The molecule has 0 aromatic carbocycles. The number of ether oxygens (including phenoxy) is 1. The fourth-order valence-corrected chi connectivity index (χ4v) is 3.63. The maximum absolute atomic E-state index is 12.0. The number of carbonyl (C=O) groups is 1. The van der Waals surface area contributed by atoms with Gasteiger partial charge in [-0.05, 0) is 44.2 Å². The Kier molecular flexibility index (Phi) is 5.61. The molecule has 2 atom stereocenters. The van der Waals surface area contributed by atoms with Gasteiger partial charge in [0, 0.05) is 11.4 Å². The summed E-state index contributed by atoms with van der Waals surface area (Å²) in [4.78, 5) is 14.0. The summed E-state index contributed by atoms with van der Waals surface area (Å²) < 4.78 is 5.90. The summed E-state index contributed by atoms with van der Waals surface area (Å²) in [6.45, 7) is 7.56. The van der Waals surface area contributed by atoms with Gasteiger partial charge in [-0.2, -0.15) is 0 Å². The molecule has 1 aromatic heterocycles. The molecule has 1 fully saturated rings. The van der Waals surface area contributed by atoms with Crippen molar-refractivity contribution in [1.82, 2.24) is 5.32 Å². The topological polar surface area (TPSA) is 38.3 Å². The van der Waals surface area contributed by atoms with Gasteiger partial charge in [0.15, 0.2) is 0 Å². The van der Waals surface area contributed by atoms with E-state index in [-0.39, 0.29) is 5.91 Å². The smallest absolute Gasteiger partial charge is 0.261 e. The molecular formula is C16H25NO2S. The second kappa shape index (κ2) is 7.23. The van der Waals surface area contributed by atoms with Gasteiger partial charge in [-0.3, -0.25) is 4.79 Å². The van der Waals surface area contributed by atoms with Crippen molar-refractivity contribution < 1.29 is 9.53 Å². The first-order valence-electron chi connectivity index (χ1n) is 7.54. The fourth-order valence-electron chi connectivity index (χ4n) is 2.68. The van der Waals surface area contributed by atoms with Gasteiger partial charge in [-0.15, -0.1) is 11.3 Å². The van der Waals surface area contributed by atoms with Crippen LogP contribution >= 0.6 is 11.3 Å². The highest BCUT2D eigenvalue weighted by Gasteiger charge is 2.21. The molecule has 0 saturated heterocycles. The van der Waals surface area contributed by atoms with Crippen molar-refractivity contribution in [2.24, 2.45) is 5.92 Å². The maximum atomic E-state index is 12.0. The summed E-state index contributed by atoms with van der Waals surface area (Å²) in [5.74, 6) is 0.675. The summed E-state index contributed by atoms with van der Waals surface area (Å²) in [5.41, 5.74) is 1.19. The molecule has 1 aliphatic carbocycles. The normalized spacial score (nSPS) is 22.8. The summed E-state index contributed by atoms with van der Waals surface area (Å²) >= 11 is 1.56. The molecule has 0 aliphatic heterocycles. The standard InChI is InChI=1S/C16H25NO2S/c1-11-6-4-5-7-14(11)19-9-8-17-16(18)15-10-12(2)13(3)20-15/h10-11,14H,4-9H2,1-3H3,(H,17,18)/t11-,14-/m1/s1. The van der Waals surface area contributed by atoms with Gasteiger partial charge < -0.3 is 10.1 Å². The second-order valence-electron chi connectivity index (χ2n) is 5.78. The zero-order valence-corrected chi connectivity index (χ0v) is 13.5.